The number of nitrogens with zero attached hydrogens (tertiary/aromatic N) is 2. The van der Waals surface area contributed by atoms with Crippen molar-refractivity contribution in [3.8, 4) is 0 Å². The molecule has 6 heteroatoms. The predicted octanol–water partition coefficient (Wildman–Crippen LogP) is 4.09. The van der Waals surface area contributed by atoms with E-state index in [-0.39, 0.29) is 23.8 Å². The molecule has 172 valence electrons. The molecule has 2 heterocycles. The minimum absolute atomic E-state index is 0.00710. The van der Waals surface area contributed by atoms with Crippen LogP contribution >= 0.6 is 11.8 Å². The molecule has 33 heavy (non-hydrogen) atoms. The van der Waals surface area contributed by atoms with Crippen molar-refractivity contribution in [1.29, 1.82) is 0 Å². The molecule has 1 saturated carbocycles. The molecule has 3 atom stereocenters. The first kappa shape index (κ1) is 22.1. The summed E-state index contributed by atoms with van der Waals surface area (Å²) in [7, 11) is 0. The number of carbonyl (C=O) groups is 2. The Morgan fingerprint density at radius 2 is 1.82 bits per heavy atom. The van der Waals surface area contributed by atoms with Gasteiger partial charge in [-0.2, -0.15) is 0 Å². The molecule has 0 spiro atoms. The fraction of sp³-hybridized carbons (Fsp3) is 0.407. The molecule has 1 aliphatic carbocycles. The van der Waals surface area contributed by atoms with Crippen LogP contribution in [-0.2, 0) is 9.59 Å². The zero-order valence-corrected chi connectivity index (χ0v) is 19.9. The third-order valence-electron chi connectivity index (χ3n) is 7.01. The second-order valence-corrected chi connectivity index (χ2v) is 10.6. The highest BCUT2D eigenvalue weighted by molar-refractivity contribution is 8.04. The number of nitrogens with one attached hydrogen (secondary N) is 1. The van der Waals surface area contributed by atoms with E-state index in [2.05, 4.69) is 53.5 Å². The first-order chi connectivity index (χ1) is 16.1. The topological polar surface area (TPSA) is 52.7 Å². The van der Waals surface area contributed by atoms with Crippen LogP contribution in [0.15, 0.2) is 59.5 Å². The van der Waals surface area contributed by atoms with Gasteiger partial charge in [-0.25, -0.2) is 0 Å². The van der Waals surface area contributed by atoms with Crippen LogP contribution in [0.5, 0.6) is 0 Å². The van der Waals surface area contributed by atoms with Crippen LogP contribution in [0.3, 0.4) is 0 Å². The van der Waals surface area contributed by atoms with Crippen LogP contribution in [0.25, 0.3) is 6.08 Å². The molecule has 2 saturated heterocycles. The van der Waals surface area contributed by atoms with Crippen molar-refractivity contribution in [2.75, 3.05) is 31.1 Å². The quantitative estimate of drug-likeness (QED) is 0.700. The third kappa shape index (κ3) is 4.96. The van der Waals surface area contributed by atoms with E-state index < -0.39 is 0 Å². The Kier molecular flexibility index (Phi) is 6.45. The van der Waals surface area contributed by atoms with E-state index in [9.17, 15) is 9.59 Å². The van der Waals surface area contributed by atoms with Crippen LogP contribution in [0.1, 0.15) is 30.4 Å². The zero-order chi connectivity index (χ0) is 22.8. The fourth-order valence-corrected chi connectivity index (χ4v) is 6.50. The van der Waals surface area contributed by atoms with Crippen LogP contribution < -0.4 is 10.2 Å². The maximum absolute atomic E-state index is 13.3. The molecule has 2 aromatic rings. The lowest BCUT2D eigenvalue weighted by atomic mass is 9.84. The fourth-order valence-electron chi connectivity index (χ4n) is 5.21. The highest BCUT2D eigenvalue weighted by atomic mass is 32.2. The van der Waals surface area contributed by atoms with Crippen molar-refractivity contribution in [1.82, 2.24) is 10.2 Å². The standard InChI is InChI=1S/C27H31N3O2S/c1-19-6-5-7-20(16-19)17-25-26(31)28-23-18-21(10-11-24(23)33-25)27(32)30-14-12-29(13-15-30)22-8-3-2-4-9-22/h2-9,16-17,21,23-24H,10-15,18H2,1H3,(H,28,31)/b25-17+. The first-order valence-electron chi connectivity index (χ1n) is 11.9. The van der Waals surface area contributed by atoms with Gasteiger partial charge in [-0.1, -0.05) is 48.0 Å². The number of anilines is 1. The summed E-state index contributed by atoms with van der Waals surface area (Å²) >= 11 is 1.69. The molecule has 0 radical (unpaired) electrons. The zero-order valence-electron chi connectivity index (χ0n) is 19.1. The summed E-state index contributed by atoms with van der Waals surface area (Å²) in [5, 5.41) is 3.56. The lowest BCUT2D eigenvalue weighted by Gasteiger charge is -2.42. The molecule has 0 bridgehead atoms. The Hall–Kier alpha value is -2.73. The molecule has 2 amide bonds. The van der Waals surface area contributed by atoms with Crippen molar-refractivity contribution in [2.45, 2.75) is 37.5 Å². The van der Waals surface area contributed by atoms with E-state index in [1.807, 2.05) is 29.2 Å². The van der Waals surface area contributed by atoms with E-state index in [1.165, 1.54) is 11.3 Å². The summed E-state index contributed by atoms with van der Waals surface area (Å²) < 4.78 is 0. The number of hydrogen-bond acceptors (Lipinski definition) is 4. The number of hydrogen-bond donors (Lipinski definition) is 1. The molecule has 3 fully saturated rings. The summed E-state index contributed by atoms with van der Waals surface area (Å²) in [6.45, 7) is 5.33. The second kappa shape index (κ2) is 9.64. The van der Waals surface area contributed by atoms with Gasteiger partial charge in [-0.05, 0) is 50.0 Å². The largest absolute Gasteiger partial charge is 0.368 e. The summed E-state index contributed by atoms with van der Waals surface area (Å²) in [6, 6.07) is 18.7. The summed E-state index contributed by atoms with van der Waals surface area (Å²) in [5.41, 5.74) is 3.47. The van der Waals surface area contributed by atoms with Gasteiger partial charge in [-0.15, -0.1) is 11.8 Å². The van der Waals surface area contributed by atoms with Gasteiger partial charge in [-0.3, -0.25) is 9.59 Å². The van der Waals surface area contributed by atoms with Crippen molar-refractivity contribution >= 4 is 35.3 Å². The van der Waals surface area contributed by atoms with Crippen molar-refractivity contribution in [3.63, 3.8) is 0 Å². The van der Waals surface area contributed by atoms with Crippen LogP contribution in [-0.4, -0.2) is 54.2 Å². The average Bonchev–Trinajstić information content (AvgIpc) is 2.84. The van der Waals surface area contributed by atoms with E-state index in [0.717, 1.165) is 55.9 Å². The van der Waals surface area contributed by atoms with Crippen molar-refractivity contribution < 1.29 is 9.59 Å². The Bertz CT molecular complexity index is 1050. The summed E-state index contributed by atoms with van der Waals surface area (Å²) in [5.74, 6) is 0.270. The van der Waals surface area contributed by atoms with Gasteiger partial charge in [0.15, 0.2) is 0 Å². The SMILES string of the molecule is Cc1cccc(/C=C2/SC3CCC(C(=O)N4CCN(c5ccccc5)CC4)CC3NC2=O)c1. The van der Waals surface area contributed by atoms with Crippen LogP contribution in [0.2, 0.25) is 0 Å². The number of carbonyl (C=O) groups excluding carboxylic acids is 2. The van der Waals surface area contributed by atoms with Gasteiger partial charge in [0, 0.05) is 49.1 Å². The van der Waals surface area contributed by atoms with Gasteiger partial charge in [0.05, 0.1) is 4.91 Å². The first-order valence-corrected chi connectivity index (χ1v) is 12.8. The molecule has 5 nitrogen and oxygen atoms in total. The Morgan fingerprint density at radius 3 is 2.58 bits per heavy atom. The molecule has 3 unspecified atom stereocenters. The van der Waals surface area contributed by atoms with Crippen molar-refractivity contribution in [2.24, 2.45) is 5.92 Å². The number of benzene rings is 2. The number of aryl methyl sites for hydroxylation is 1. The lowest BCUT2D eigenvalue weighted by molar-refractivity contribution is -0.137. The molecule has 2 aromatic carbocycles. The van der Waals surface area contributed by atoms with E-state index >= 15 is 0 Å². The Morgan fingerprint density at radius 1 is 1.03 bits per heavy atom. The Balaban J connectivity index is 1.17. The van der Waals surface area contributed by atoms with E-state index in [4.69, 9.17) is 0 Å². The molecule has 0 aromatic heterocycles. The van der Waals surface area contributed by atoms with E-state index in [0.29, 0.717) is 5.25 Å². The highest BCUT2D eigenvalue weighted by Crippen LogP contribution is 2.40. The van der Waals surface area contributed by atoms with Gasteiger partial charge in [0.25, 0.3) is 5.91 Å². The maximum atomic E-state index is 13.3. The van der Waals surface area contributed by atoms with Crippen LogP contribution in [0.4, 0.5) is 5.69 Å². The number of amides is 2. The van der Waals surface area contributed by atoms with Crippen LogP contribution in [0, 0.1) is 12.8 Å². The van der Waals surface area contributed by atoms with Crippen molar-refractivity contribution in [3.05, 3.63) is 70.6 Å². The van der Waals surface area contributed by atoms with Gasteiger partial charge >= 0.3 is 0 Å². The number of rotatable bonds is 3. The van der Waals surface area contributed by atoms with E-state index in [1.54, 1.807) is 11.8 Å². The number of thioether (sulfide) groups is 1. The lowest BCUT2D eigenvalue weighted by Crippen LogP contribution is -2.54. The third-order valence-corrected chi connectivity index (χ3v) is 8.43. The predicted molar refractivity (Wildman–Crippen MR) is 135 cm³/mol. The smallest absolute Gasteiger partial charge is 0.257 e. The number of piperazine rings is 1. The monoisotopic (exact) mass is 461 g/mol. The van der Waals surface area contributed by atoms with Gasteiger partial charge < -0.3 is 15.1 Å². The molecule has 2 aliphatic heterocycles. The molecular weight excluding hydrogens is 430 g/mol. The number of fused-ring (bicyclic) bond motifs is 1. The molecular formula is C27H31N3O2S. The normalized spacial score (nSPS) is 26.6. The second-order valence-electron chi connectivity index (χ2n) is 9.32. The minimum Gasteiger partial charge on any atom is -0.368 e. The van der Waals surface area contributed by atoms with Gasteiger partial charge in [0.1, 0.15) is 0 Å². The Labute approximate surface area is 200 Å². The minimum atomic E-state index is -0.00710. The summed E-state index contributed by atoms with van der Waals surface area (Å²) in [6.07, 6.45) is 4.60. The maximum Gasteiger partial charge on any atom is 0.257 e. The highest BCUT2D eigenvalue weighted by Gasteiger charge is 2.41. The van der Waals surface area contributed by atoms with Gasteiger partial charge in [0.2, 0.25) is 5.91 Å². The average molecular weight is 462 g/mol. The molecule has 3 aliphatic rings. The molecule has 5 rings (SSSR count). The summed E-state index contributed by atoms with van der Waals surface area (Å²) in [4.78, 5) is 31.2. The molecule has 1 N–H and O–H groups in total. The number of para-hydroxylation sites is 1.